The maximum Gasteiger partial charge on any atom is 0.271 e. The van der Waals surface area contributed by atoms with Crippen molar-refractivity contribution in [3.05, 3.63) is 16.7 Å². The zero-order valence-electron chi connectivity index (χ0n) is 11.9. The van der Waals surface area contributed by atoms with Gasteiger partial charge >= 0.3 is 0 Å². The summed E-state index contributed by atoms with van der Waals surface area (Å²) in [6.07, 6.45) is 2.18. The fourth-order valence-electron chi connectivity index (χ4n) is 2.32. The second-order valence-corrected chi connectivity index (χ2v) is 5.94. The lowest BCUT2D eigenvalue weighted by Crippen LogP contribution is -2.50. The molecule has 0 spiro atoms. The minimum atomic E-state index is -0.702. The molecule has 2 unspecified atom stereocenters. The highest BCUT2D eigenvalue weighted by atomic mass is 32.1. The minimum Gasteiger partial charge on any atom is -0.348 e. The van der Waals surface area contributed by atoms with Gasteiger partial charge in [-0.1, -0.05) is 0 Å². The number of amides is 2. The highest BCUT2D eigenvalue weighted by Gasteiger charge is 2.38. The molecule has 0 bridgehead atoms. The fourth-order valence-corrected chi connectivity index (χ4v) is 2.49. The Balaban J connectivity index is 2.02. The van der Waals surface area contributed by atoms with E-state index in [2.05, 4.69) is 15.3 Å². The Kier molecular flexibility index (Phi) is 4.14. The summed E-state index contributed by atoms with van der Waals surface area (Å²) in [6.45, 7) is 4.38. The normalized spacial score (nSPS) is 22.6. The monoisotopic (exact) mass is 307 g/mol. The van der Waals surface area contributed by atoms with Crippen LogP contribution in [0.3, 0.4) is 0 Å². The van der Waals surface area contributed by atoms with Crippen molar-refractivity contribution in [1.29, 1.82) is 5.26 Å². The average Bonchev–Trinajstić information content (AvgIpc) is 3.03. The first-order valence-electron chi connectivity index (χ1n) is 6.63. The Morgan fingerprint density at radius 1 is 1.62 bits per heavy atom. The lowest BCUT2D eigenvalue weighted by molar-refractivity contribution is -0.124. The highest BCUT2D eigenvalue weighted by molar-refractivity contribution is 7.71. The van der Waals surface area contributed by atoms with Crippen molar-refractivity contribution in [2.24, 2.45) is 5.92 Å². The van der Waals surface area contributed by atoms with E-state index < -0.39 is 11.5 Å². The molecule has 1 aliphatic heterocycles. The molecular formula is C13H17N5O2S. The average molecular weight is 307 g/mol. The van der Waals surface area contributed by atoms with Crippen molar-refractivity contribution in [1.82, 2.24) is 20.2 Å². The number of hydrogen-bond donors (Lipinski definition) is 3. The molecule has 1 saturated heterocycles. The van der Waals surface area contributed by atoms with Crippen LogP contribution in [-0.2, 0) is 4.79 Å². The number of carbonyl (C=O) groups excluding carboxylic acids is 2. The van der Waals surface area contributed by atoms with Crippen LogP contribution in [0.4, 0.5) is 0 Å². The van der Waals surface area contributed by atoms with Crippen LogP contribution >= 0.6 is 12.2 Å². The third-order valence-electron chi connectivity index (χ3n) is 3.60. The van der Waals surface area contributed by atoms with Gasteiger partial charge in [0, 0.05) is 19.3 Å². The van der Waals surface area contributed by atoms with Crippen molar-refractivity contribution < 1.29 is 9.59 Å². The van der Waals surface area contributed by atoms with Gasteiger partial charge in [-0.25, -0.2) is 0 Å². The fraction of sp³-hybridized carbons (Fsp3) is 0.538. The zero-order valence-corrected chi connectivity index (χ0v) is 12.7. The van der Waals surface area contributed by atoms with Crippen molar-refractivity contribution in [3.8, 4) is 6.07 Å². The van der Waals surface area contributed by atoms with Crippen LogP contribution in [0.2, 0.25) is 0 Å². The van der Waals surface area contributed by atoms with Crippen LogP contribution in [0.15, 0.2) is 6.20 Å². The Labute approximate surface area is 127 Å². The van der Waals surface area contributed by atoms with Crippen molar-refractivity contribution >= 4 is 24.0 Å². The van der Waals surface area contributed by atoms with Crippen LogP contribution in [0.5, 0.6) is 0 Å². The van der Waals surface area contributed by atoms with Gasteiger partial charge in [0.05, 0.1) is 11.6 Å². The number of likely N-dealkylation sites (tertiary alicyclic amines) is 1. The summed E-state index contributed by atoms with van der Waals surface area (Å²) >= 11 is 4.90. The first-order chi connectivity index (χ1) is 9.84. The smallest absolute Gasteiger partial charge is 0.271 e. The van der Waals surface area contributed by atoms with E-state index in [0.717, 1.165) is 0 Å². The van der Waals surface area contributed by atoms with Crippen LogP contribution in [0, 0.1) is 22.0 Å². The number of nitrogens with zero attached hydrogens (tertiary/aromatic N) is 2. The molecule has 1 aliphatic rings. The first-order valence-corrected chi connectivity index (χ1v) is 7.04. The molecule has 2 atom stereocenters. The van der Waals surface area contributed by atoms with Gasteiger partial charge < -0.3 is 20.2 Å². The van der Waals surface area contributed by atoms with E-state index in [1.54, 1.807) is 11.8 Å². The predicted octanol–water partition coefficient (Wildman–Crippen LogP) is 0.953. The van der Waals surface area contributed by atoms with E-state index in [1.165, 1.54) is 6.20 Å². The van der Waals surface area contributed by atoms with E-state index in [4.69, 9.17) is 17.5 Å². The molecule has 21 heavy (non-hydrogen) atoms. The molecule has 8 heteroatoms. The van der Waals surface area contributed by atoms with Crippen molar-refractivity contribution in [2.75, 3.05) is 13.1 Å². The molecule has 0 radical (unpaired) electrons. The van der Waals surface area contributed by atoms with Gasteiger partial charge in [0.25, 0.3) is 5.91 Å². The van der Waals surface area contributed by atoms with Crippen LogP contribution in [0.25, 0.3) is 0 Å². The third-order valence-corrected chi connectivity index (χ3v) is 3.82. The molecule has 1 aromatic heterocycles. The van der Waals surface area contributed by atoms with Crippen molar-refractivity contribution in [3.63, 3.8) is 0 Å². The summed E-state index contributed by atoms with van der Waals surface area (Å²) in [4.78, 5) is 31.3. The maximum atomic E-state index is 12.3. The summed E-state index contributed by atoms with van der Waals surface area (Å²) in [5.41, 5.74) is -0.105. The van der Waals surface area contributed by atoms with Gasteiger partial charge in [0.15, 0.2) is 4.77 Å². The summed E-state index contributed by atoms with van der Waals surface area (Å²) in [5.74, 6) is -1.17. The van der Waals surface area contributed by atoms with Gasteiger partial charge in [0.1, 0.15) is 11.6 Å². The number of hydrogen-bond acceptors (Lipinski definition) is 4. The topological polar surface area (TPSA) is 105 Å². The lowest BCUT2D eigenvalue weighted by Gasteiger charge is -2.26. The largest absolute Gasteiger partial charge is 0.348 e. The summed E-state index contributed by atoms with van der Waals surface area (Å²) < 4.78 is 0.399. The zero-order chi connectivity index (χ0) is 15.6. The number of aromatic nitrogens is 2. The predicted molar refractivity (Wildman–Crippen MR) is 77.8 cm³/mol. The molecule has 0 aliphatic carbocycles. The number of carbonyl (C=O) groups is 2. The molecule has 7 nitrogen and oxygen atoms in total. The van der Waals surface area contributed by atoms with E-state index >= 15 is 0 Å². The number of nitrogens with one attached hydrogen (secondary N) is 3. The highest BCUT2D eigenvalue weighted by Crippen LogP contribution is 2.22. The van der Waals surface area contributed by atoms with Gasteiger partial charge in [-0.05, 0) is 32.5 Å². The molecule has 1 aromatic rings. The number of imidazole rings is 1. The summed E-state index contributed by atoms with van der Waals surface area (Å²) in [7, 11) is 0. The standard InChI is InChI=1S/C13H17N5O2S/c1-8(5-14)10(19)17-13(2)3-4-18(7-13)11(20)9-6-15-12(21)16-9/h6,8H,3-4,7H2,1-2H3,(H,17,19)(H2,15,16,21). The molecule has 2 amide bonds. The molecule has 2 heterocycles. The Hall–Kier alpha value is -2.14. The van der Waals surface area contributed by atoms with Crippen LogP contribution < -0.4 is 5.32 Å². The molecule has 2 rings (SSSR count). The number of aromatic amines is 2. The third kappa shape index (κ3) is 3.31. The van der Waals surface area contributed by atoms with E-state index in [1.807, 2.05) is 13.0 Å². The quantitative estimate of drug-likeness (QED) is 0.723. The number of rotatable bonds is 3. The molecule has 1 fully saturated rings. The maximum absolute atomic E-state index is 12.3. The van der Waals surface area contributed by atoms with Gasteiger partial charge in [-0.15, -0.1) is 0 Å². The number of nitriles is 1. The minimum absolute atomic E-state index is 0.159. The Morgan fingerprint density at radius 3 is 2.90 bits per heavy atom. The van der Waals surface area contributed by atoms with E-state index in [-0.39, 0.29) is 11.8 Å². The number of H-pyrrole nitrogens is 2. The van der Waals surface area contributed by atoms with Gasteiger partial charge in [-0.2, -0.15) is 5.26 Å². The molecule has 112 valence electrons. The Morgan fingerprint density at radius 2 is 2.33 bits per heavy atom. The second-order valence-electron chi connectivity index (χ2n) is 5.53. The van der Waals surface area contributed by atoms with Gasteiger partial charge in [0.2, 0.25) is 5.91 Å². The summed E-state index contributed by atoms with van der Waals surface area (Å²) in [6, 6.07) is 1.91. The molecule has 0 saturated carbocycles. The molecule has 3 N–H and O–H groups in total. The van der Waals surface area contributed by atoms with Gasteiger partial charge in [-0.3, -0.25) is 9.59 Å². The SMILES string of the molecule is CC(C#N)C(=O)NC1(C)CCN(C(=O)c2c[nH]c(=S)[nH]2)C1. The summed E-state index contributed by atoms with van der Waals surface area (Å²) in [5, 5.41) is 11.6. The van der Waals surface area contributed by atoms with Crippen LogP contribution in [0.1, 0.15) is 30.8 Å². The second kappa shape index (κ2) is 5.69. The lowest BCUT2D eigenvalue weighted by atomic mass is 10.0. The molecular weight excluding hydrogens is 290 g/mol. The first kappa shape index (κ1) is 15.3. The van der Waals surface area contributed by atoms with Crippen LogP contribution in [-0.4, -0.2) is 45.3 Å². The Bertz CT molecular complexity index is 658. The molecule has 0 aromatic carbocycles. The van der Waals surface area contributed by atoms with E-state index in [0.29, 0.717) is 30.0 Å². The van der Waals surface area contributed by atoms with Crippen molar-refractivity contribution in [2.45, 2.75) is 25.8 Å². The van der Waals surface area contributed by atoms with E-state index in [9.17, 15) is 9.59 Å².